The molecule has 3 heterocycles. The zero-order valence-corrected chi connectivity index (χ0v) is 27.1. The molecule has 0 aliphatic rings. The van der Waals surface area contributed by atoms with Crippen molar-refractivity contribution >= 4 is 23.0 Å². The number of pyridine rings is 2. The van der Waals surface area contributed by atoms with Crippen LogP contribution in [0.3, 0.4) is 0 Å². The monoisotopic (exact) mass is 855 g/mol. The van der Waals surface area contributed by atoms with Crippen molar-refractivity contribution in [1.82, 2.24) is 4.57 Å². The van der Waals surface area contributed by atoms with Gasteiger partial charge in [0, 0.05) is 65.6 Å². The Kier molecular flexibility index (Phi) is 12.2. The maximum absolute atomic E-state index is 4.44. The van der Waals surface area contributed by atoms with Gasteiger partial charge in [-0.15, -0.1) is 24.3 Å². The molecule has 0 spiro atoms. The molecule has 0 atom stereocenters. The molecule has 0 fully saturated rings. The smallest absolute Gasteiger partial charge is 0.233 e. The topological polar surface area (TPSA) is 66.0 Å². The van der Waals surface area contributed by atoms with Crippen molar-refractivity contribution in [2.24, 2.45) is 20.5 Å². The van der Waals surface area contributed by atoms with Gasteiger partial charge in [-0.3, -0.25) is 0 Å². The summed E-state index contributed by atoms with van der Waals surface area (Å²) in [4.78, 5) is 0. The summed E-state index contributed by atoms with van der Waals surface area (Å²) in [5, 5.41) is 17.6. The minimum atomic E-state index is 0. The van der Waals surface area contributed by atoms with Crippen LogP contribution in [-0.4, -0.2) is 4.57 Å². The minimum absolute atomic E-state index is 0. The van der Waals surface area contributed by atoms with Crippen LogP contribution < -0.4 is 13.7 Å². The van der Waals surface area contributed by atoms with Crippen LogP contribution in [0.25, 0.3) is 0 Å². The van der Waals surface area contributed by atoms with Crippen LogP contribution in [-0.2, 0) is 68.3 Å². The summed E-state index contributed by atoms with van der Waals surface area (Å²) >= 11 is 0. The van der Waals surface area contributed by atoms with Crippen LogP contribution in [0.4, 0.5) is 23.0 Å². The average molecular weight is 855 g/mol. The molecule has 194 valence electrons. The molecule has 10 heteroatoms. The molecule has 0 saturated heterocycles. The van der Waals surface area contributed by atoms with Crippen molar-refractivity contribution in [3.8, 4) is 0 Å². The standard InChI is InChI=1S/C29H27N8.2W/c1-3-11-26(12-4-1)30-32-28-15-7-9-17-36(28)23-21-34-19-20-35(25-34)22-24-37-18-10-8-16-29(37)33-31-27-13-5-2-6-14-27;;/h3-20,25H,21-24H2;;/q+1;;. The zero-order valence-electron chi connectivity index (χ0n) is 21.2. The Balaban J connectivity index is 0.00000210. The third-order valence-corrected chi connectivity index (χ3v) is 5.71. The third kappa shape index (κ3) is 9.05. The number of aromatic nitrogens is 4. The summed E-state index contributed by atoms with van der Waals surface area (Å²) in [6.45, 7) is 3.19. The second-order valence-corrected chi connectivity index (χ2v) is 8.31. The van der Waals surface area contributed by atoms with Gasteiger partial charge >= 0.3 is 11.6 Å². The molecule has 0 radical (unpaired) electrons. The molecule has 5 aromatic rings. The van der Waals surface area contributed by atoms with E-state index in [1.165, 1.54) is 0 Å². The number of nitrogens with zero attached hydrogens (tertiary/aromatic N) is 8. The van der Waals surface area contributed by atoms with Gasteiger partial charge in [-0.05, 0) is 12.1 Å². The normalized spacial score (nSPS) is 10.9. The quantitative estimate of drug-likeness (QED) is 0.106. The molecule has 2 aromatic carbocycles. The molecule has 8 nitrogen and oxygen atoms in total. The Labute approximate surface area is 256 Å². The number of imidazole rings is 1. The summed E-state index contributed by atoms with van der Waals surface area (Å²) in [5.41, 5.74) is 1.61. The number of hydrogen-bond acceptors (Lipinski definition) is 4. The molecule has 39 heavy (non-hydrogen) atoms. The number of azo groups is 2. The number of aryl methyl sites for hydroxylation is 4. The Morgan fingerprint density at radius 1 is 0.590 bits per heavy atom. The Hall–Kier alpha value is -3.47. The molecule has 0 saturated carbocycles. The summed E-state index contributed by atoms with van der Waals surface area (Å²) in [6, 6.07) is 32.8. The van der Waals surface area contributed by atoms with Crippen LogP contribution in [0.15, 0.2) is 137 Å². The first-order valence-electron chi connectivity index (χ1n) is 12.1. The van der Waals surface area contributed by atoms with E-state index in [4.69, 9.17) is 0 Å². The molecule has 0 bridgehead atoms. The van der Waals surface area contributed by atoms with E-state index in [2.05, 4.69) is 69.6 Å². The molecule has 0 amide bonds. The number of rotatable bonds is 10. The van der Waals surface area contributed by atoms with Crippen LogP contribution >= 0.6 is 0 Å². The van der Waals surface area contributed by atoms with E-state index < -0.39 is 0 Å². The summed E-state index contributed by atoms with van der Waals surface area (Å²) in [5.74, 6) is 1.62. The maximum atomic E-state index is 4.44. The van der Waals surface area contributed by atoms with Crippen LogP contribution in [0.2, 0.25) is 0 Å². The maximum Gasteiger partial charge on any atom is 0.350 e. The fraction of sp³-hybridized carbons (Fsp3) is 0.138. The van der Waals surface area contributed by atoms with Gasteiger partial charge in [0.2, 0.25) is 6.33 Å². The first-order valence-corrected chi connectivity index (χ1v) is 12.1. The third-order valence-electron chi connectivity index (χ3n) is 5.71. The largest absolute Gasteiger partial charge is 0.350 e. The van der Waals surface area contributed by atoms with Gasteiger partial charge in [0.05, 0.1) is 22.6 Å². The fourth-order valence-electron chi connectivity index (χ4n) is 3.75. The van der Waals surface area contributed by atoms with Gasteiger partial charge in [0.15, 0.2) is 0 Å². The average Bonchev–Trinajstić information content (AvgIpc) is 3.42. The van der Waals surface area contributed by atoms with Crippen molar-refractivity contribution in [3.05, 3.63) is 128 Å². The van der Waals surface area contributed by atoms with Crippen molar-refractivity contribution < 1.29 is 55.8 Å². The molecule has 0 aliphatic heterocycles. The molecular weight excluding hydrogens is 828 g/mol. The molecule has 3 aromatic heterocycles. The summed E-state index contributed by atoms with van der Waals surface area (Å²) in [6.07, 6.45) is 10.4. The Bertz CT molecular complexity index is 1380. The van der Waals surface area contributed by atoms with Gasteiger partial charge in [0.25, 0.3) is 0 Å². The van der Waals surface area contributed by atoms with Crippen molar-refractivity contribution in [2.75, 3.05) is 0 Å². The first kappa shape index (κ1) is 30.1. The van der Waals surface area contributed by atoms with Gasteiger partial charge in [-0.2, -0.15) is 36.4 Å². The summed E-state index contributed by atoms with van der Waals surface area (Å²) in [7, 11) is 0. The van der Waals surface area contributed by atoms with Crippen LogP contribution in [0.5, 0.6) is 0 Å². The van der Waals surface area contributed by atoms with E-state index in [0.717, 1.165) is 49.2 Å². The Morgan fingerprint density at radius 3 is 1.69 bits per heavy atom. The van der Waals surface area contributed by atoms with Crippen molar-refractivity contribution in [1.29, 1.82) is 0 Å². The predicted molar refractivity (Wildman–Crippen MR) is 137 cm³/mol. The van der Waals surface area contributed by atoms with Crippen LogP contribution in [0, 0.1) is 12.1 Å². The molecular formula is C29H27N8W2+. The zero-order chi connectivity index (χ0) is 25.1. The van der Waals surface area contributed by atoms with Gasteiger partial charge in [0.1, 0.15) is 38.6 Å². The summed E-state index contributed by atoms with van der Waals surface area (Å²) < 4.78 is 8.56. The fourth-order valence-corrected chi connectivity index (χ4v) is 3.75. The predicted octanol–water partition coefficient (Wildman–Crippen LogP) is 5.18. The minimum Gasteiger partial charge on any atom is -0.233 e. The molecule has 5 rings (SSSR count). The van der Waals surface area contributed by atoms with Gasteiger partial charge in [-0.1, -0.05) is 22.4 Å². The van der Waals surface area contributed by atoms with E-state index in [9.17, 15) is 0 Å². The number of benzene rings is 2. The molecule has 0 aliphatic carbocycles. The first-order chi connectivity index (χ1) is 18.3. The second kappa shape index (κ2) is 15.8. The van der Waals surface area contributed by atoms with Crippen molar-refractivity contribution in [2.45, 2.75) is 26.2 Å². The SMILES string of the molecule is [W].[W].[c-]1ccc(N=Nc2cccc[n+]2CCn2cc[n+](CC[n+]3ccccc3N=Nc3cc[c-]cc3)c2)cc1. The number of hydrogen-bond donors (Lipinski definition) is 0. The molecule has 0 N–H and O–H groups in total. The van der Waals surface area contributed by atoms with E-state index in [-0.39, 0.29) is 42.1 Å². The van der Waals surface area contributed by atoms with E-state index in [1.54, 1.807) is 0 Å². The second-order valence-electron chi connectivity index (χ2n) is 8.31. The molecule has 0 unspecified atom stereocenters. The van der Waals surface area contributed by atoms with Gasteiger partial charge in [-0.25, -0.2) is 18.3 Å². The van der Waals surface area contributed by atoms with Crippen LogP contribution in [0.1, 0.15) is 0 Å². The van der Waals surface area contributed by atoms with E-state index in [0.29, 0.717) is 0 Å². The van der Waals surface area contributed by atoms with Crippen molar-refractivity contribution in [3.63, 3.8) is 0 Å². The Morgan fingerprint density at radius 2 is 1.13 bits per heavy atom. The van der Waals surface area contributed by atoms with E-state index in [1.807, 2.05) is 97.3 Å². The van der Waals surface area contributed by atoms with Gasteiger partial charge < -0.3 is 0 Å². The van der Waals surface area contributed by atoms with E-state index >= 15 is 0 Å².